The molecule has 0 saturated carbocycles. The number of benzene rings is 2. The topological polar surface area (TPSA) is 121 Å². The summed E-state index contributed by atoms with van der Waals surface area (Å²) in [5, 5.41) is 6.03. The van der Waals surface area contributed by atoms with E-state index in [9.17, 15) is 14.4 Å². The number of rotatable bonds is 10. The molecule has 0 bridgehead atoms. The fraction of sp³-hybridized carbons (Fsp3) is 0.286. The van der Waals surface area contributed by atoms with E-state index in [1.165, 1.54) is 18.0 Å². The van der Waals surface area contributed by atoms with E-state index >= 15 is 0 Å². The van der Waals surface area contributed by atoms with Crippen LogP contribution < -0.4 is 30.4 Å². The van der Waals surface area contributed by atoms with Crippen molar-refractivity contribution in [3.05, 3.63) is 75.1 Å². The summed E-state index contributed by atoms with van der Waals surface area (Å²) in [6.07, 6.45) is 1.92. The van der Waals surface area contributed by atoms with Crippen LogP contribution in [0.4, 0.5) is 5.69 Å². The second kappa shape index (κ2) is 12.0. The lowest BCUT2D eigenvalue weighted by Crippen LogP contribution is -2.36. The van der Waals surface area contributed by atoms with Crippen LogP contribution in [0.25, 0.3) is 10.2 Å². The highest BCUT2D eigenvalue weighted by atomic mass is 32.1. The van der Waals surface area contributed by atoms with Crippen molar-refractivity contribution in [2.45, 2.75) is 26.3 Å². The molecule has 0 fully saturated rings. The Bertz CT molecular complexity index is 1580. The van der Waals surface area contributed by atoms with Crippen molar-refractivity contribution in [1.82, 2.24) is 14.9 Å². The third kappa shape index (κ3) is 5.73. The molecule has 39 heavy (non-hydrogen) atoms. The Kier molecular flexibility index (Phi) is 8.50. The van der Waals surface area contributed by atoms with Crippen LogP contribution in [-0.2, 0) is 11.2 Å². The zero-order valence-electron chi connectivity index (χ0n) is 22.4. The van der Waals surface area contributed by atoms with Crippen LogP contribution >= 0.6 is 11.3 Å². The summed E-state index contributed by atoms with van der Waals surface area (Å²) in [5.74, 6) is 1.08. The van der Waals surface area contributed by atoms with Gasteiger partial charge in [0.2, 0.25) is 5.91 Å². The molecule has 4 aromatic rings. The summed E-state index contributed by atoms with van der Waals surface area (Å²) >= 11 is 1.13. The average molecular weight is 551 g/mol. The summed E-state index contributed by atoms with van der Waals surface area (Å²) in [7, 11) is 4.66. The van der Waals surface area contributed by atoms with E-state index in [1.54, 1.807) is 52.3 Å². The van der Waals surface area contributed by atoms with E-state index in [1.807, 2.05) is 18.2 Å². The minimum atomic E-state index is -0.801. The number of aryl methyl sites for hydroxylation is 1. The molecule has 1 atom stereocenters. The number of para-hydroxylation sites is 2. The van der Waals surface area contributed by atoms with Crippen molar-refractivity contribution in [2.75, 3.05) is 33.2 Å². The maximum atomic E-state index is 13.4. The fourth-order valence-electron chi connectivity index (χ4n) is 4.20. The van der Waals surface area contributed by atoms with Gasteiger partial charge in [-0.2, -0.15) is 0 Å². The number of anilines is 1. The lowest BCUT2D eigenvalue weighted by Gasteiger charge is -2.15. The molecule has 4 rings (SSSR count). The number of nitrogens with zero attached hydrogens (tertiary/aromatic N) is 2. The normalized spacial score (nSPS) is 11.6. The highest BCUT2D eigenvalue weighted by molar-refractivity contribution is 7.20. The van der Waals surface area contributed by atoms with E-state index in [0.717, 1.165) is 16.9 Å². The molecule has 0 aliphatic heterocycles. The Balaban J connectivity index is 1.48. The average Bonchev–Trinajstić information content (AvgIpc) is 3.30. The van der Waals surface area contributed by atoms with Crippen molar-refractivity contribution in [3.8, 4) is 17.2 Å². The van der Waals surface area contributed by atoms with Crippen molar-refractivity contribution in [2.24, 2.45) is 0 Å². The standard InChI is InChI=1S/C28H30N4O6S/c1-16-23-27(39-24(16)26(34)31-19-8-6-7-9-20(19)36-3)30-15-32(28(23)35)17(2)25(33)29-13-12-18-10-11-21(37-4)22(14-18)38-5/h6-11,14-15,17H,12-13H2,1-5H3,(H,29,33)(H,31,34). The Morgan fingerprint density at radius 2 is 1.74 bits per heavy atom. The van der Waals surface area contributed by atoms with Gasteiger partial charge >= 0.3 is 0 Å². The summed E-state index contributed by atoms with van der Waals surface area (Å²) < 4.78 is 17.2. The number of ether oxygens (including phenoxy) is 3. The Morgan fingerprint density at radius 1 is 1.03 bits per heavy atom. The minimum Gasteiger partial charge on any atom is -0.495 e. The zero-order chi connectivity index (χ0) is 28.1. The number of carbonyl (C=O) groups excluding carboxylic acids is 2. The largest absolute Gasteiger partial charge is 0.495 e. The van der Waals surface area contributed by atoms with Crippen LogP contribution in [0.2, 0.25) is 0 Å². The van der Waals surface area contributed by atoms with Gasteiger partial charge < -0.3 is 24.8 Å². The Hall–Kier alpha value is -4.38. The fourth-order valence-corrected chi connectivity index (χ4v) is 5.23. The maximum Gasteiger partial charge on any atom is 0.266 e. The zero-order valence-corrected chi connectivity index (χ0v) is 23.2. The Labute approximate surface area is 229 Å². The third-order valence-corrected chi connectivity index (χ3v) is 7.59. The first-order valence-corrected chi connectivity index (χ1v) is 13.0. The number of fused-ring (bicyclic) bond motifs is 1. The third-order valence-electron chi connectivity index (χ3n) is 6.39. The first-order valence-electron chi connectivity index (χ1n) is 12.2. The number of thiophene rings is 1. The second-order valence-corrected chi connectivity index (χ2v) is 9.75. The molecule has 0 aliphatic carbocycles. The van der Waals surface area contributed by atoms with Gasteiger partial charge in [0.1, 0.15) is 16.6 Å². The molecule has 10 nitrogen and oxygen atoms in total. The van der Waals surface area contributed by atoms with Crippen LogP contribution in [0.5, 0.6) is 17.2 Å². The molecule has 0 saturated heterocycles. The van der Waals surface area contributed by atoms with Gasteiger partial charge in [0.25, 0.3) is 11.5 Å². The number of hydrogen-bond acceptors (Lipinski definition) is 8. The predicted molar refractivity (Wildman–Crippen MR) is 151 cm³/mol. The monoisotopic (exact) mass is 550 g/mol. The first kappa shape index (κ1) is 27.6. The van der Waals surface area contributed by atoms with E-state index in [0.29, 0.717) is 56.6 Å². The van der Waals surface area contributed by atoms with Gasteiger partial charge in [-0.25, -0.2) is 4.98 Å². The van der Waals surface area contributed by atoms with Crippen molar-refractivity contribution in [3.63, 3.8) is 0 Å². The smallest absolute Gasteiger partial charge is 0.266 e. The number of hydrogen-bond donors (Lipinski definition) is 2. The Morgan fingerprint density at radius 3 is 2.46 bits per heavy atom. The van der Waals surface area contributed by atoms with Crippen molar-refractivity contribution >= 4 is 39.1 Å². The van der Waals surface area contributed by atoms with Gasteiger partial charge in [0.05, 0.1) is 43.6 Å². The number of amides is 2. The van der Waals surface area contributed by atoms with Gasteiger partial charge in [-0.05, 0) is 55.7 Å². The van der Waals surface area contributed by atoms with E-state index in [2.05, 4.69) is 15.6 Å². The number of nitrogens with one attached hydrogen (secondary N) is 2. The minimum absolute atomic E-state index is 0.317. The van der Waals surface area contributed by atoms with Crippen LogP contribution in [0.1, 0.15) is 33.8 Å². The first-order chi connectivity index (χ1) is 18.8. The van der Waals surface area contributed by atoms with Gasteiger partial charge in [-0.1, -0.05) is 18.2 Å². The van der Waals surface area contributed by atoms with Gasteiger partial charge in [0, 0.05) is 6.54 Å². The van der Waals surface area contributed by atoms with E-state index < -0.39 is 6.04 Å². The second-order valence-electron chi connectivity index (χ2n) is 8.75. The predicted octanol–water partition coefficient (Wildman–Crippen LogP) is 3.96. The molecule has 2 aromatic heterocycles. The van der Waals surface area contributed by atoms with Crippen molar-refractivity contribution < 1.29 is 23.8 Å². The molecule has 204 valence electrons. The van der Waals surface area contributed by atoms with Crippen LogP contribution in [0, 0.1) is 6.92 Å². The molecule has 2 heterocycles. The number of carbonyl (C=O) groups is 2. The SMILES string of the molecule is COc1ccccc1NC(=O)c1sc2ncn(C(C)C(=O)NCCc3ccc(OC)c(OC)c3)c(=O)c2c1C. The van der Waals surface area contributed by atoms with Crippen LogP contribution in [-0.4, -0.2) is 49.2 Å². The summed E-state index contributed by atoms with van der Waals surface area (Å²) in [4.78, 5) is 44.5. The molecule has 0 aliphatic rings. The van der Waals surface area contributed by atoms with Gasteiger partial charge in [-0.15, -0.1) is 11.3 Å². The van der Waals surface area contributed by atoms with Gasteiger partial charge in [0.15, 0.2) is 11.5 Å². The molecule has 0 radical (unpaired) electrons. The molecule has 1 unspecified atom stereocenters. The molecule has 0 spiro atoms. The summed E-state index contributed by atoms with van der Waals surface area (Å²) in [6, 6.07) is 11.8. The molecular formula is C28H30N4O6S. The summed E-state index contributed by atoms with van der Waals surface area (Å²) in [5.41, 5.74) is 1.61. The molecule has 2 aromatic carbocycles. The molecule has 11 heteroatoms. The number of aromatic nitrogens is 2. The molecular weight excluding hydrogens is 520 g/mol. The lowest BCUT2D eigenvalue weighted by atomic mass is 10.1. The molecule has 2 N–H and O–H groups in total. The van der Waals surface area contributed by atoms with E-state index in [4.69, 9.17) is 14.2 Å². The molecule has 2 amide bonds. The highest BCUT2D eigenvalue weighted by Crippen LogP contribution is 2.30. The highest BCUT2D eigenvalue weighted by Gasteiger charge is 2.23. The van der Waals surface area contributed by atoms with Crippen LogP contribution in [0.3, 0.4) is 0 Å². The lowest BCUT2D eigenvalue weighted by molar-refractivity contribution is -0.123. The quantitative estimate of drug-likeness (QED) is 0.307. The summed E-state index contributed by atoms with van der Waals surface area (Å²) in [6.45, 7) is 3.71. The van der Waals surface area contributed by atoms with E-state index in [-0.39, 0.29) is 17.4 Å². The van der Waals surface area contributed by atoms with Gasteiger partial charge in [-0.3, -0.25) is 19.0 Å². The maximum absolute atomic E-state index is 13.4. The van der Waals surface area contributed by atoms with Crippen molar-refractivity contribution in [1.29, 1.82) is 0 Å². The van der Waals surface area contributed by atoms with Crippen LogP contribution in [0.15, 0.2) is 53.6 Å². The number of methoxy groups -OCH3 is 3.